The van der Waals surface area contributed by atoms with Crippen LogP contribution in [-0.2, 0) is 13.6 Å². The third-order valence-corrected chi connectivity index (χ3v) is 3.59. The van der Waals surface area contributed by atoms with Crippen molar-refractivity contribution in [1.29, 1.82) is 0 Å². The number of hydrogen-bond acceptors (Lipinski definition) is 3. The minimum atomic E-state index is 0.506. The minimum Gasteiger partial charge on any atom is -0.359 e. The van der Waals surface area contributed by atoms with Crippen LogP contribution in [0.1, 0.15) is 37.9 Å². The molecule has 1 aromatic rings. The zero-order valence-corrected chi connectivity index (χ0v) is 12.3. The van der Waals surface area contributed by atoms with Crippen molar-refractivity contribution >= 4 is 5.82 Å². The summed E-state index contributed by atoms with van der Waals surface area (Å²) < 4.78 is 2.02. The second kappa shape index (κ2) is 5.31. The molecule has 1 fully saturated rings. The normalized spacial score (nSPS) is 15.4. The Morgan fingerprint density at radius 2 is 2.11 bits per heavy atom. The lowest BCUT2D eigenvalue weighted by Crippen LogP contribution is -2.27. The van der Waals surface area contributed by atoms with E-state index in [4.69, 9.17) is 0 Å². The van der Waals surface area contributed by atoms with Crippen LogP contribution in [0.4, 0.5) is 5.82 Å². The van der Waals surface area contributed by atoms with Crippen molar-refractivity contribution in [2.45, 2.75) is 46.2 Å². The van der Waals surface area contributed by atoms with Crippen LogP contribution in [0.15, 0.2) is 0 Å². The van der Waals surface area contributed by atoms with Crippen molar-refractivity contribution in [1.82, 2.24) is 15.1 Å². The zero-order valence-electron chi connectivity index (χ0n) is 12.3. The van der Waals surface area contributed by atoms with Crippen molar-refractivity contribution < 1.29 is 0 Å². The molecule has 2 rings (SSSR count). The van der Waals surface area contributed by atoms with Crippen LogP contribution >= 0.6 is 0 Å². The Balaban J connectivity index is 2.15. The van der Waals surface area contributed by atoms with Gasteiger partial charge in [-0.25, -0.2) is 0 Å². The number of anilines is 1. The number of nitrogens with zero attached hydrogens (tertiary/aromatic N) is 3. The van der Waals surface area contributed by atoms with Crippen LogP contribution in [-0.4, -0.2) is 29.4 Å². The summed E-state index contributed by atoms with van der Waals surface area (Å²) in [5.74, 6) is 2.17. The third kappa shape index (κ3) is 3.05. The molecule has 1 heterocycles. The molecule has 0 aliphatic heterocycles. The molecule has 1 saturated carbocycles. The van der Waals surface area contributed by atoms with Gasteiger partial charge in [-0.15, -0.1) is 0 Å². The highest BCUT2D eigenvalue weighted by molar-refractivity contribution is 5.49. The van der Waals surface area contributed by atoms with Crippen molar-refractivity contribution in [3.63, 3.8) is 0 Å². The molecule has 102 valence electrons. The lowest BCUT2D eigenvalue weighted by Gasteiger charge is -2.21. The predicted molar refractivity (Wildman–Crippen MR) is 75.9 cm³/mol. The van der Waals surface area contributed by atoms with E-state index in [0.29, 0.717) is 6.04 Å². The van der Waals surface area contributed by atoms with Crippen LogP contribution in [0.2, 0.25) is 0 Å². The van der Waals surface area contributed by atoms with Crippen LogP contribution < -0.4 is 10.2 Å². The molecule has 1 aromatic heterocycles. The molecular weight excluding hydrogens is 224 g/mol. The second-order valence-corrected chi connectivity index (χ2v) is 5.87. The summed E-state index contributed by atoms with van der Waals surface area (Å²) in [6.45, 7) is 8.53. The monoisotopic (exact) mass is 250 g/mol. The fraction of sp³-hybridized carbons (Fsp3) is 0.786. The first kappa shape index (κ1) is 13.4. The summed E-state index contributed by atoms with van der Waals surface area (Å²) in [5, 5.41) is 8.07. The fourth-order valence-electron chi connectivity index (χ4n) is 2.45. The molecule has 1 N–H and O–H groups in total. The van der Waals surface area contributed by atoms with E-state index in [9.17, 15) is 0 Å². The quantitative estimate of drug-likeness (QED) is 0.839. The van der Waals surface area contributed by atoms with Gasteiger partial charge in [0.1, 0.15) is 5.82 Å². The van der Waals surface area contributed by atoms with Crippen LogP contribution in [0, 0.1) is 12.8 Å². The fourth-order valence-corrected chi connectivity index (χ4v) is 2.45. The molecule has 0 bridgehead atoms. The van der Waals surface area contributed by atoms with Gasteiger partial charge in [0.15, 0.2) is 0 Å². The van der Waals surface area contributed by atoms with Gasteiger partial charge in [0, 0.05) is 38.8 Å². The van der Waals surface area contributed by atoms with Crippen molar-refractivity contribution in [2.24, 2.45) is 13.0 Å². The van der Waals surface area contributed by atoms with E-state index in [1.165, 1.54) is 24.2 Å². The maximum absolute atomic E-state index is 4.57. The molecule has 0 unspecified atom stereocenters. The highest BCUT2D eigenvalue weighted by Gasteiger charge is 2.25. The van der Waals surface area contributed by atoms with Gasteiger partial charge in [-0.3, -0.25) is 4.68 Å². The van der Waals surface area contributed by atoms with E-state index in [0.717, 1.165) is 24.7 Å². The Morgan fingerprint density at radius 1 is 1.44 bits per heavy atom. The molecule has 0 spiro atoms. The first-order chi connectivity index (χ1) is 8.49. The second-order valence-electron chi connectivity index (χ2n) is 5.87. The number of nitrogens with one attached hydrogen (secondary N) is 1. The van der Waals surface area contributed by atoms with E-state index in [-0.39, 0.29) is 0 Å². The van der Waals surface area contributed by atoms with Gasteiger partial charge < -0.3 is 10.2 Å². The maximum Gasteiger partial charge on any atom is 0.131 e. The van der Waals surface area contributed by atoms with E-state index in [2.05, 4.69) is 43.1 Å². The van der Waals surface area contributed by atoms with Gasteiger partial charge in [-0.05, 0) is 25.7 Å². The largest absolute Gasteiger partial charge is 0.359 e. The topological polar surface area (TPSA) is 33.1 Å². The standard InChI is InChI=1S/C14H26N4/c1-10(2)15-8-13-11(3)16-18(5)14(13)17(4)9-12-6-7-12/h10,12,15H,6-9H2,1-5H3. The number of hydrogen-bond donors (Lipinski definition) is 1. The molecule has 0 radical (unpaired) electrons. The summed E-state index contributed by atoms with van der Waals surface area (Å²) in [6.07, 6.45) is 2.78. The molecule has 4 heteroatoms. The van der Waals surface area contributed by atoms with Gasteiger partial charge in [-0.1, -0.05) is 13.8 Å². The van der Waals surface area contributed by atoms with E-state index < -0.39 is 0 Å². The summed E-state index contributed by atoms with van der Waals surface area (Å²) in [7, 11) is 4.23. The zero-order chi connectivity index (χ0) is 13.3. The highest BCUT2D eigenvalue weighted by Crippen LogP contribution is 2.32. The Bertz CT molecular complexity index is 404. The summed E-state index contributed by atoms with van der Waals surface area (Å²) in [6, 6.07) is 0.506. The van der Waals surface area contributed by atoms with Gasteiger partial charge in [0.05, 0.1) is 5.69 Å². The first-order valence-electron chi connectivity index (χ1n) is 6.96. The average Bonchev–Trinajstić information content (AvgIpc) is 3.01. The average molecular weight is 250 g/mol. The lowest BCUT2D eigenvalue weighted by atomic mass is 10.2. The predicted octanol–water partition coefficient (Wildman–Crippen LogP) is 2.07. The number of aromatic nitrogens is 2. The minimum absolute atomic E-state index is 0.506. The first-order valence-corrected chi connectivity index (χ1v) is 6.96. The smallest absolute Gasteiger partial charge is 0.131 e. The number of aryl methyl sites for hydroxylation is 2. The Kier molecular flexibility index (Phi) is 3.95. The highest BCUT2D eigenvalue weighted by atomic mass is 15.4. The molecule has 0 atom stereocenters. The van der Waals surface area contributed by atoms with Gasteiger partial charge in [-0.2, -0.15) is 5.10 Å². The molecule has 0 saturated heterocycles. The SMILES string of the molecule is Cc1nn(C)c(N(C)CC2CC2)c1CNC(C)C. The third-order valence-electron chi connectivity index (χ3n) is 3.59. The van der Waals surface area contributed by atoms with E-state index >= 15 is 0 Å². The van der Waals surface area contributed by atoms with Crippen LogP contribution in [0.25, 0.3) is 0 Å². The maximum atomic E-state index is 4.57. The molecule has 0 aromatic carbocycles. The van der Waals surface area contributed by atoms with Crippen molar-refractivity contribution in [3.8, 4) is 0 Å². The molecule has 1 aliphatic rings. The number of rotatable bonds is 6. The Labute approximate surface area is 110 Å². The summed E-state index contributed by atoms with van der Waals surface area (Å²) in [5.41, 5.74) is 2.48. The van der Waals surface area contributed by atoms with Crippen molar-refractivity contribution in [3.05, 3.63) is 11.3 Å². The van der Waals surface area contributed by atoms with Crippen molar-refractivity contribution in [2.75, 3.05) is 18.5 Å². The van der Waals surface area contributed by atoms with Crippen LogP contribution in [0.3, 0.4) is 0 Å². The van der Waals surface area contributed by atoms with Gasteiger partial charge >= 0.3 is 0 Å². The van der Waals surface area contributed by atoms with Gasteiger partial charge in [0.25, 0.3) is 0 Å². The molecule has 4 nitrogen and oxygen atoms in total. The molecule has 0 amide bonds. The summed E-state index contributed by atoms with van der Waals surface area (Å²) in [4.78, 5) is 2.37. The van der Waals surface area contributed by atoms with Crippen LogP contribution in [0.5, 0.6) is 0 Å². The molecule has 1 aliphatic carbocycles. The Hall–Kier alpha value is -1.03. The molecular formula is C14H26N4. The molecule has 18 heavy (non-hydrogen) atoms. The Morgan fingerprint density at radius 3 is 2.67 bits per heavy atom. The van der Waals surface area contributed by atoms with E-state index in [1.807, 2.05) is 11.7 Å². The lowest BCUT2D eigenvalue weighted by molar-refractivity contribution is 0.586. The van der Waals surface area contributed by atoms with E-state index in [1.54, 1.807) is 0 Å². The summed E-state index contributed by atoms with van der Waals surface area (Å²) >= 11 is 0. The van der Waals surface area contributed by atoms with Gasteiger partial charge in [0.2, 0.25) is 0 Å².